The van der Waals surface area contributed by atoms with Crippen molar-refractivity contribution in [1.29, 1.82) is 0 Å². The predicted molar refractivity (Wildman–Crippen MR) is 163 cm³/mol. The molecule has 228 valence electrons. The summed E-state index contributed by atoms with van der Waals surface area (Å²) < 4.78 is 47.0. The molecule has 2 fully saturated rings. The summed E-state index contributed by atoms with van der Waals surface area (Å²) in [6.45, 7) is 5.68. The van der Waals surface area contributed by atoms with Gasteiger partial charge < -0.3 is 14.2 Å². The quantitative estimate of drug-likeness (QED) is 0.188. The molecular formula is C36H52F2O3. The number of rotatable bonds is 16. The van der Waals surface area contributed by atoms with Crippen molar-refractivity contribution >= 4 is 0 Å². The van der Waals surface area contributed by atoms with Crippen molar-refractivity contribution < 1.29 is 23.0 Å². The molecule has 3 nitrogen and oxygen atoms in total. The number of hydrogen-bond donors (Lipinski definition) is 0. The van der Waals surface area contributed by atoms with Crippen LogP contribution in [-0.2, 0) is 9.47 Å². The molecule has 2 aromatic rings. The SMILES string of the molecule is CCCCCCCCCOc1ccc(C2OCC(c3ccc(C4CCC(CCCCC)CC4)cc3)CO2)c(F)c1F. The molecule has 1 saturated carbocycles. The maximum Gasteiger partial charge on any atom is 0.201 e. The minimum atomic E-state index is -0.967. The summed E-state index contributed by atoms with van der Waals surface area (Å²) >= 11 is 0. The molecule has 41 heavy (non-hydrogen) atoms. The number of unbranched alkanes of at least 4 members (excludes halogenated alkanes) is 8. The normalized spacial score (nSPS) is 23.0. The molecular weight excluding hydrogens is 518 g/mol. The van der Waals surface area contributed by atoms with Crippen molar-refractivity contribution in [3.8, 4) is 5.75 Å². The highest BCUT2D eigenvalue weighted by atomic mass is 19.2. The topological polar surface area (TPSA) is 27.7 Å². The van der Waals surface area contributed by atoms with Gasteiger partial charge in [0.05, 0.1) is 19.8 Å². The van der Waals surface area contributed by atoms with E-state index >= 15 is 0 Å². The fourth-order valence-corrected chi connectivity index (χ4v) is 6.46. The number of halogens is 2. The van der Waals surface area contributed by atoms with E-state index in [2.05, 4.69) is 38.1 Å². The maximum atomic E-state index is 14.9. The van der Waals surface area contributed by atoms with E-state index in [0.29, 0.717) is 25.7 Å². The standard InChI is InChI=1S/C36H52F2O3/c1-3-5-7-8-9-10-12-24-39-33-23-22-32(34(37)35(33)38)36-40-25-31(26-41-36)30-20-18-29(19-21-30)28-16-14-27(15-17-28)13-11-6-4-2/h18-23,27-28,31,36H,3-17,24-26H2,1-2H3. The van der Waals surface area contributed by atoms with E-state index in [9.17, 15) is 8.78 Å². The lowest BCUT2D eigenvalue weighted by Gasteiger charge is -2.31. The summed E-state index contributed by atoms with van der Waals surface area (Å²) in [6.07, 6.45) is 17.8. The molecule has 0 spiro atoms. The molecule has 1 aliphatic heterocycles. The monoisotopic (exact) mass is 570 g/mol. The average molecular weight is 571 g/mol. The van der Waals surface area contributed by atoms with Gasteiger partial charge in [-0.05, 0) is 67.2 Å². The number of ether oxygens (including phenoxy) is 3. The van der Waals surface area contributed by atoms with Gasteiger partial charge in [0.2, 0.25) is 5.82 Å². The van der Waals surface area contributed by atoms with Crippen molar-refractivity contribution in [2.24, 2.45) is 5.92 Å². The fraction of sp³-hybridized carbons (Fsp3) is 0.667. The van der Waals surface area contributed by atoms with E-state index < -0.39 is 17.9 Å². The number of hydrogen-bond acceptors (Lipinski definition) is 3. The van der Waals surface area contributed by atoms with Crippen LogP contribution in [0.1, 0.15) is 145 Å². The average Bonchev–Trinajstić information content (AvgIpc) is 3.01. The fourth-order valence-electron chi connectivity index (χ4n) is 6.46. The molecule has 0 amide bonds. The summed E-state index contributed by atoms with van der Waals surface area (Å²) in [5.41, 5.74) is 2.69. The molecule has 0 N–H and O–H groups in total. The van der Waals surface area contributed by atoms with Crippen molar-refractivity contribution in [1.82, 2.24) is 0 Å². The van der Waals surface area contributed by atoms with Crippen LogP contribution >= 0.6 is 0 Å². The van der Waals surface area contributed by atoms with Crippen LogP contribution in [0.3, 0.4) is 0 Å². The highest BCUT2D eigenvalue weighted by Gasteiger charge is 2.29. The third kappa shape index (κ3) is 9.51. The van der Waals surface area contributed by atoms with Crippen LogP contribution in [-0.4, -0.2) is 19.8 Å². The molecule has 2 aliphatic rings. The van der Waals surface area contributed by atoms with Crippen LogP contribution in [0.25, 0.3) is 0 Å². The number of benzene rings is 2. The molecule has 1 aliphatic carbocycles. The van der Waals surface area contributed by atoms with E-state index in [-0.39, 0.29) is 17.2 Å². The summed E-state index contributed by atoms with van der Waals surface area (Å²) in [4.78, 5) is 0. The third-order valence-electron chi connectivity index (χ3n) is 9.18. The smallest absolute Gasteiger partial charge is 0.201 e. The Morgan fingerprint density at radius 2 is 1.24 bits per heavy atom. The van der Waals surface area contributed by atoms with Gasteiger partial charge in [0.1, 0.15) is 0 Å². The van der Waals surface area contributed by atoms with Crippen LogP contribution in [0.5, 0.6) is 5.75 Å². The Morgan fingerprint density at radius 1 is 0.659 bits per heavy atom. The van der Waals surface area contributed by atoms with Gasteiger partial charge in [-0.1, -0.05) is 102 Å². The van der Waals surface area contributed by atoms with E-state index in [0.717, 1.165) is 25.2 Å². The van der Waals surface area contributed by atoms with Gasteiger partial charge in [-0.15, -0.1) is 0 Å². The highest BCUT2D eigenvalue weighted by molar-refractivity contribution is 5.32. The van der Waals surface area contributed by atoms with Crippen LogP contribution in [0.2, 0.25) is 0 Å². The Bertz CT molecular complexity index is 1010. The Hall–Kier alpha value is -1.98. The first-order chi connectivity index (χ1) is 20.1. The summed E-state index contributed by atoms with van der Waals surface area (Å²) in [5, 5.41) is 0. The van der Waals surface area contributed by atoms with Gasteiger partial charge in [0.15, 0.2) is 17.9 Å². The van der Waals surface area contributed by atoms with Crippen molar-refractivity contribution in [3.05, 3.63) is 64.7 Å². The molecule has 0 unspecified atom stereocenters. The molecule has 4 rings (SSSR count). The van der Waals surface area contributed by atoms with E-state index in [1.54, 1.807) is 0 Å². The van der Waals surface area contributed by atoms with Crippen molar-refractivity contribution in [3.63, 3.8) is 0 Å². The summed E-state index contributed by atoms with van der Waals surface area (Å²) in [6, 6.07) is 11.9. The van der Waals surface area contributed by atoms with Crippen LogP contribution in [0.15, 0.2) is 36.4 Å². The van der Waals surface area contributed by atoms with Crippen molar-refractivity contribution in [2.75, 3.05) is 19.8 Å². The van der Waals surface area contributed by atoms with E-state index in [4.69, 9.17) is 14.2 Å². The van der Waals surface area contributed by atoms with Gasteiger partial charge in [-0.2, -0.15) is 4.39 Å². The highest BCUT2D eigenvalue weighted by Crippen LogP contribution is 2.39. The summed E-state index contributed by atoms with van der Waals surface area (Å²) in [5.74, 6) is -0.308. The molecule has 0 atom stereocenters. The first-order valence-corrected chi connectivity index (χ1v) is 16.5. The van der Waals surface area contributed by atoms with Crippen molar-refractivity contribution in [2.45, 2.75) is 128 Å². The van der Waals surface area contributed by atoms with Crippen LogP contribution in [0, 0.1) is 17.6 Å². The lowest BCUT2D eigenvalue weighted by molar-refractivity contribution is -0.193. The third-order valence-corrected chi connectivity index (χ3v) is 9.18. The van der Waals surface area contributed by atoms with Crippen LogP contribution in [0.4, 0.5) is 8.78 Å². The zero-order chi connectivity index (χ0) is 28.9. The van der Waals surface area contributed by atoms with Gasteiger partial charge in [0.25, 0.3) is 0 Å². The second kappa shape index (κ2) is 17.2. The summed E-state index contributed by atoms with van der Waals surface area (Å²) in [7, 11) is 0. The first-order valence-electron chi connectivity index (χ1n) is 16.5. The van der Waals surface area contributed by atoms with Crippen LogP contribution < -0.4 is 4.74 Å². The molecule has 2 aromatic carbocycles. The molecule has 0 aromatic heterocycles. The lowest BCUT2D eigenvalue weighted by Crippen LogP contribution is -2.26. The lowest BCUT2D eigenvalue weighted by atomic mass is 9.77. The van der Waals surface area contributed by atoms with Gasteiger partial charge in [0, 0.05) is 11.5 Å². The molecule has 1 heterocycles. The van der Waals surface area contributed by atoms with Gasteiger partial charge in [-0.3, -0.25) is 0 Å². The molecule has 0 radical (unpaired) electrons. The minimum Gasteiger partial charge on any atom is -0.490 e. The van der Waals surface area contributed by atoms with Gasteiger partial charge >= 0.3 is 0 Å². The largest absolute Gasteiger partial charge is 0.490 e. The molecule has 0 bridgehead atoms. The van der Waals surface area contributed by atoms with E-state index in [1.807, 2.05) is 0 Å². The Kier molecular flexibility index (Phi) is 13.4. The Labute approximate surface area is 247 Å². The maximum absolute atomic E-state index is 14.9. The minimum absolute atomic E-state index is 0.0454. The molecule has 5 heteroatoms. The zero-order valence-electron chi connectivity index (χ0n) is 25.5. The second-order valence-corrected chi connectivity index (χ2v) is 12.3. The zero-order valence-corrected chi connectivity index (χ0v) is 25.5. The predicted octanol–water partition coefficient (Wildman–Crippen LogP) is 10.8. The van der Waals surface area contributed by atoms with Gasteiger partial charge in [-0.25, -0.2) is 4.39 Å². The molecule has 1 saturated heterocycles. The first kappa shape index (κ1) is 31.9. The Morgan fingerprint density at radius 3 is 1.90 bits per heavy atom. The Balaban J connectivity index is 1.20. The second-order valence-electron chi connectivity index (χ2n) is 12.3. The van der Waals surface area contributed by atoms with E-state index in [1.165, 1.54) is 100 Å².